The first-order valence-electron chi connectivity index (χ1n) is 11.0. The lowest BCUT2D eigenvalue weighted by Gasteiger charge is -2.15. The topological polar surface area (TPSA) is 90.2 Å². The highest BCUT2D eigenvalue weighted by atomic mass is 16.5. The monoisotopic (exact) mass is 462 g/mol. The molecular weight excluding hydrogens is 436 g/mol. The minimum absolute atomic E-state index is 0.0158. The molecule has 2 amide bonds. The van der Waals surface area contributed by atoms with E-state index >= 15 is 0 Å². The number of anilines is 1. The first-order valence-corrected chi connectivity index (χ1v) is 11.0. The number of nitrogens with zero attached hydrogens (tertiary/aromatic N) is 1. The molecule has 0 bridgehead atoms. The number of para-hydroxylation sites is 1. The van der Waals surface area contributed by atoms with Crippen LogP contribution in [0.25, 0.3) is 5.57 Å². The fourth-order valence-electron chi connectivity index (χ4n) is 3.77. The Hall–Kier alpha value is -4.20. The van der Waals surface area contributed by atoms with Crippen molar-refractivity contribution >= 4 is 23.1 Å². The van der Waals surface area contributed by atoms with Crippen LogP contribution < -0.4 is 19.5 Å². The highest BCUT2D eigenvalue weighted by molar-refractivity contribution is 6.36. The zero-order valence-electron chi connectivity index (χ0n) is 19.3. The van der Waals surface area contributed by atoms with Crippen LogP contribution in [-0.4, -0.2) is 37.0 Å². The molecule has 0 fully saturated rings. The molecule has 0 saturated carbocycles. The van der Waals surface area contributed by atoms with Gasteiger partial charge in [0.25, 0.3) is 11.8 Å². The van der Waals surface area contributed by atoms with Gasteiger partial charge in [0.15, 0.2) is 11.5 Å². The average molecular weight is 463 g/mol. The average Bonchev–Trinajstić information content (AvgIpc) is 3.44. The van der Waals surface area contributed by atoms with Crippen LogP contribution in [0.2, 0.25) is 0 Å². The van der Waals surface area contributed by atoms with Crippen LogP contribution >= 0.6 is 0 Å². The van der Waals surface area contributed by atoms with Crippen LogP contribution in [0, 0.1) is 0 Å². The number of furan rings is 1. The normalized spacial score (nSPS) is 13.4. The van der Waals surface area contributed by atoms with Gasteiger partial charge >= 0.3 is 0 Å². The van der Waals surface area contributed by atoms with Crippen molar-refractivity contribution in [1.82, 2.24) is 4.90 Å². The largest absolute Gasteiger partial charge is 0.496 e. The minimum atomic E-state index is -0.464. The van der Waals surface area contributed by atoms with Gasteiger partial charge in [0.2, 0.25) is 0 Å². The van der Waals surface area contributed by atoms with Crippen LogP contribution in [-0.2, 0) is 16.1 Å². The summed E-state index contributed by atoms with van der Waals surface area (Å²) in [7, 11) is 1.52. The summed E-state index contributed by atoms with van der Waals surface area (Å²) < 4.78 is 22.2. The van der Waals surface area contributed by atoms with Crippen molar-refractivity contribution in [2.24, 2.45) is 0 Å². The van der Waals surface area contributed by atoms with E-state index in [9.17, 15) is 9.59 Å². The molecule has 0 aliphatic carbocycles. The van der Waals surface area contributed by atoms with Gasteiger partial charge in [-0.2, -0.15) is 0 Å². The molecule has 3 aromatic rings. The lowest BCUT2D eigenvalue weighted by molar-refractivity contribution is -0.137. The predicted octanol–water partition coefficient (Wildman–Crippen LogP) is 4.48. The van der Waals surface area contributed by atoms with E-state index in [4.69, 9.17) is 18.6 Å². The molecule has 1 aromatic heterocycles. The maximum atomic E-state index is 13.5. The molecule has 8 heteroatoms. The summed E-state index contributed by atoms with van der Waals surface area (Å²) in [6.45, 7) is 4.73. The van der Waals surface area contributed by atoms with Crippen LogP contribution in [0.3, 0.4) is 0 Å². The van der Waals surface area contributed by atoms with E-state index in [0.29, 0.717) is 47.5 Å². The molecule has 0 radical (unpaired) electrons. The summed E-state index contributed by atoms with van der Waals surface area (Å²) in [5, 5.41) is 3.14. The lowest BCUT2D eigenvalue weighted by Crippen LogP contribution is -2.31. The van der Waals surface area contributed by atoms with E-state index < -0.39 is 11.8 Å². The lowest BCUT2D eigenvalue weighted by atomic mass is 10.0. The molecule has 34 heavy (non-hydrogen) atoms. The van der Waals surface area contributed by atoms with E-state index in [0.717, 1.165) is 4.90 Å². The van der Waals surface area contributed by atoms with Gasteiger partial charge in [-0.3, -0.25) is 14.5 Å². The quantitative estimate of drug-likeness (QED) is 0.444. The molecule has 1 aliphatic rings. The number of amides is 2. The van der Waals surface area contributed by atoms with Crippen molar-refractivity contribution in [3.8, 4) is 17.2 Å². The summed E-state index contributed by atoms with van der Waals surface area (Å²) in [5.41, 5.74) is 1.47. The van der Waals surface area contributed by atoms with E-state index in [1.54, 1.807) is 54.6 Å². The molecule has 2 heterocycles. The Labute approximate surface area is 197 Å². The van der Waals surface area contributed by atoms with Crippen LogP contribution in [0.1, 0.15) is 25.2 Å². The van der Waals surface area contributed by atoms with E-state index in [-0.39, 0.29) is 17.8 Å². The van der Waals surface area contributed by atoms with Crippen molar-refractivity contribution in [3.63, 3.8) is 0 Å². The van der Waals surface area contributed by atoms with Crippen LogP contribution in [0.15, 0.2) is 71.0 Å². The third kappa shape index (κ3) is 4.47. The predicted molar refractivity (Wildman–Crippen MR) is 127 cm³/mol. The summed E-state index contributed by atoms with van der Waals surface area (Å²) >= 11 is 0. The first-order chi connectivity index (χ1) is 16.6. The minimum Gasteiger partial charge on any atom is -0.496 e. The number of carbonyl (C=O) groups is 2. The van der Waals surface area contributed by atoms with Gasteiger partial charge in [0.05, 0.1) is 38.7 Å². The zero-order chi connectivity index (χ0) is 24.1. The van der Waals surface area contributed by atoms with Crippen molar-refractivity contribution in [1.29, 1.82) is 0 Å². The van der Waals surface area contributed by atoms with Gasteiger partial charge < -0.3 is 23.9 Å². The number of hydrogen-bond donors (Lipinski definition) is 1. The fourth-order valence-corrected chi connectivity index (χ4v) is 3.77. The van der Waals surface area contributed by atoms with Crippen molar-refractivity contribution in [2.45, 2.75) is 20.4 Å². The Morgan fingerprint density at radius 2 is 1.65 bits per heavy atom. The van der Waals surface area contributed by atoms with Crippen LogP contribution in [0.5, 0.6) is 17.2 Å². The van der Waals surface area contributed by atoms with Gasteiger partial charge in [-0.05, 0) is 44.2 Å². The summed E-state index contributed by atoms with van der Waals surface area (Å²) in [4.78, 5) is 28.1. The van der Waals surface area contributed by atoms with Gasteiger partial charge in [-0.1, -0.05) is 18.2 Å². The molecule has 0 unspecified atom stereocenters. The SMILES string of the molecule is CCOc1ccc(NC2=C(c3ccccc3OC)C(=O)N(Cc3ccco3)C2=O)cc1OCC. The Bertz CT molecular complexity index is 1220. The Balaban J connectivity index is 1.77. The van der Waals surface area contributed by atoms with Gasteiger partial charge in [0.1, 0.15) is 17.2 Å². The molecule has 8 nitrogen and oxygen atoms in total. The van der Waals surface area contributed by atoms with E-state index in [1.165, 1.54) is 13.4 Å². The Morgan fingerprint density at radius 3 is 2.35 bits per heavy atom. The highest BCUT2D eigenvalue weighted by Gasteiger charge is 2.40. The maximum Gasteiger partial charge on any atom is 0.278 e. The number of rotatable bonds is 10. The second-order valence-electron chi connectivity index (χ2n) is 7.38. The van der Waals surface area contributed by atoms with Crippen LogP contribution in [0.4, 0.5) is 5.69 Å². The van der Waals surface area contributed by atoms with Gasteiger partial charge in [-0.15, -0.1) is 0 Å². The third-order valence-electron chi connectivity index (χ3n) is 5.25. The molecule has 1 aliphatic heterocycles. The Morgan fingerprint density at radius 1 is 0.882 bits per heavy atom. The molecule has 0 spiro atoms. The zero-order valence-corrected chi connectivity index (χ0v) is 19.3. The second kappa shape index (κ2) is 10.2. The molecule has 1 N–H and O–H groups in total. The molecule has 0 atom stereocenters. The number of methoxy groups -OCH3 is 1. The first kappa shape index (κ1) is 23.0. The molecular formula is C26H26N2O6. The number of nitrogens with one attached hydrogen (secondary N) is 1. The van der Waals surface area contributed by atoms with Crippen molar-refractivity contribution in [2.75, 3.05) is 25.6 Å². The number of benzene rings is 2. The summed E-state index contributed by atoms with van der Waals surface area (Å²) in [5.74, 6) is 1.22. The smallest absolute Gasteiger partial charge is 0.278 e. The number of ether oxygens (including phenoxy) is 3. The molecule has 2 aromatic carbocycles. The fraction of sp³-hybridized carbons (Fsp3) is 0.231. The highest BCUT2D eigenvalue weighted by Crippen LogP contribution is 2.37. The van der Waals surface area contributed by atoms with Crippen molar-refractivity contribution in [3.05, 3.63) is 77.9 Å². The standard InChI is InChI=1S/C26H26N2O6/c1-4-32-21-13-12-17(15-22(21)33-5-2)27-24-23(19-10-6-7-11-20(19)31-3)25(29)28(26(24)30)16-18-9-8-14-34-18/h6-15,27H,4-5,16H2,1-3H3. The van der Waals surface area contributed by atoms with Gasteiger partial charge in [-0.25, -0.2) is 0 Å². The van der Waals surface area contributed by atoms with Crippen molar-refractivity contribution < 1.29 is 28.2 Å². The molecule has 4 rings (SSSR count). The second-order valence-corrected chi connectivity index (χ2v) is 7.38. The van der Waals surface area contributed by atoms with E-state index in [2.05, 4.69) is 5.32 Å². The van der Waals surface area contributed by atoms with E-state index in [1.807, 2.05) is 13.8 Å². The summed E-state index contributed by atoms with van der Waals surface area (Å²) in [6, 6.07) is 15.8. The third-order valence-corrected chi connectivity index (χ3v) is 5.25. The van der Waals surface area contributed by atoms with Gasteiger partial charge in [0, 0.05) is 17.3 Å². The maximum absolute atomic E-state index is 13.5. The Kier molecular flexibility index (Phi) is 6.87. The summed E-state index contributed by atoms with van der Waals surface area (Å²) in [6.07, 6.45) is 1.50. The number of imide groups is 1. The molecule has 0 saturated heterocycles. The number of carbonyl (C=O) groups excluding carboxylic acids is 2. The molecule has 176 valence electrons. The number of hydrogen-bond acceptors (Lipinski definition) is 7.